The molecule has 0 aliphatic heterocycles. The van der Waals surface area contributed by atoms with Crippen LogP contribution in [0.25, 0.3) is 0 Å². The molecule has 0 saturated heterocycles. The zero-order valence-corrected chi connectivity index (χ0v) is 17.4. The summed E-state index contributed by atoms with van der Waals surface area (Å²) in [4.78, 5) is 0. The zero-order valence-electron chi connectivity index (χ0n) is 16.5. The second-order valence-corrected chi connectivity index (χ2v) is 8.79. The van der Waals surface area contributed by atoms with Crippen LogP contribution in [0.15, 0.2) is 0 Å². The largest absolute Gasteiger partial charge is 0.460 e. The quantitative estimate of drug-likeness (QED) is 0.264. The highest BCUT2D eigenvalue weighted by molar-refractivity contribution is 7.90. The molecule has 0 aliphatic rings. The highest BCUT2D eigenvalue weighted by Gasteiger charge is 2.96. The van der Waals surface area contributed by atoms with Crippen LogP contribution in [0.3, 0.4) is 0 Å². The Balaban J connectivity index is 6.97. The van der Waals surface area contributed by atoms with Gasteiger partial charge in [-0.1, -0.05) is 13.3 Å². The van der Waals surface area contributed by atoms with Crippen molar-refractivity contribution in [1.82, 2.24) is 4.31 Å². The zero-order chi connectivity index (χ0) is 29.1. The molecule has 1 unspecified atom stereocenters. The third-order valence-corrected chi connectivity index (χ3v) is 6.27. The van der Waals surface area contributed by atoms with Crippen LogP contribution in [-0.4, -0.2) is 78.1 Å². The predicted molar refractivity (Wildman–Crippen MR) is 78.3 cm³/mol. The molecular formula is C13H12F17NO3S. The van der Waals surface area contributed by atoms with Crippen LogP contribution in [0.1, 0.15) is 19.8 Å². The summed E-state index contributed by atoms with van der Waals surface area (Å²) in [5.41, 5.74) is 0. The van der Waals surface area contributed by atoms with Crippen molar-refractivity contribution in [3.8, 4) is 0 Å². The van der Waals surface area contributed by atoms with Crippen LogP contribution in [-0.2, 0) is 10.0 Å². The summed E-state index contributed by atoms with van der Waals surface area (Å²) < 4.78 is 246. The third kappa shape index (κ3) is 4.39. The molecule has 4 nitrogen and oxygen atoms in total. The van der Waals surface area contributed by atoms with Gasteiger partial charge in [-0.15, -0.1) is 0 Å². The molecule has 1 atom stereocenters. The smallest absolute Gasteiger partial charge is 0.377 e. The number of nitrogens with zero attached hydrogens (tertiary/aromatic N) is 1. The van der Waals surface area contributed by atoms with Crippen LogP contribution < -0.4 is 0 Å². The first-order valence-corrected chi connectivity index (χ1v) is 9.70. The Morgan fingerprint density at radius 3 is 1.20 bits per heavy atom. The van der Waals surface area contributed by atoms with Crippen LogP contribution >= 0.6 is 0 Å². The van der Waals surface area contributed by atoms with Crippen LogP contribution in [0.2, 0.25) is 0 Å². The van der Waals surface area contributed by atoms with Gasteiger partial charge in [0, 0.05) is 7.05 Å². The van der Waals surface area contributed by atoms with Gasteiger partial charge in [-0.25, -0.2) is 8.42 Å². The van der Waals surface area contributed by atoms with Crippen molar-refractivity contribution in [2.45, 2.75) is 73.0 Å². The number of hydrogen-bond acceptors (Lipinski definition) is 3. The maximum absolute atomic E-state index is 13.9. The average molecular weight is 585 g/mol. The van der Waals surface area contributed by atoms with E-state index in [0.29, 0.717) is 0 Å². The molecule has 0 aliphatic carbocycles. The summed E-state index contributed by atoms with van der Waals surface area (Å²) in [6.45, 7) is 1.10. The van der Waals surface area contributed by atoms with Crippen molar-refractivity contribution in [2.24, 2.45) is 0 Å². The van der Waals surface area contributed by atoms with Crippen molar-refractivity contribution in [1.29, 1.82) is 0 Å². The summed E-state index contributed by atoms with van der Waals surface area (Å²) in [5, 5.41) is 1.60. The van der Waals surface area contributed by atoms with Crippen molar-refractivity contribution >= 4 is 10.0 Å². The van der Waals surface area contributed by atoms with Gasteiger partial charge >= 0.3 is 47.0 Å². The van der Waals surface area contributed by atoms with E-state index < -0.39 is 73.9 Å². The van der Waals surface area contributed by atoms with Gasteiger partial charge in [0.25, 0.3) is 10.0 Å². The van der Waals surface area contributed by atoms with E-state index in [1.165, 1.54) is 0 Å². The number of hydrogen-bond donors (Lipinski definition) is 1. The highest BCUT2D eigenvalue weighted by Crippen LogP contribution is 2.64. The standard InChI is InChI=1S/C13H12F17NO3S/c1-3-4-5(32)31(2)35(33,34)13(29,30)11(24,25)9(20,21)7(16,17)6(14,15)8(18,19)10(22,23)12(26,27)28/h5,32H,3-4H2,1-2H3. The van der Waals surface area contributed by atoms with Gasteiger partial charge in [0.2, 0.25) is 0 Å². The lowest BCUT2D eigenvalue weighted by Gasteiger charge is -2.43. The molecule has 0 heterocycles. The van der Waals surface area contributed by atoms with E-state index in [-0.39, 0.29) is 13.5 Å². The number of aliphatic hydroxyl groups excluding tert-OH is 1. The molecule has 0 aromatic carbocycles. The van der Waals surface area contributed by atoms with Gasteiger partial charge in [-0.3, -0.25) is 0 Å². The summed E-state index contributed by atoms with van der Waals surface area (Å²) in [6.07, 6.45) is -11.9. The first-order chi connectivity index (χ1) is 14.9. The first-order valence-electron chi connectivity index (χ1n) is 8.26. The van der Waals surface area contributed by atoms with Gasteiger partial charge in [0.05, 0.1) is 0 Å². The molecule has 1 N–H and O–H groups in total. The summed E-state index contributed by atoms with van der Waals surface area (Å²) in [6, 6.07) is 0. The molecule has 212 valence electrons. The van der Waals surface area contributed by atoms with Gasteiger partial charge < -0.3 is 5.11 Å². The summed E-state index contributed by atoms with van der Waals surface area (Å²) in [5.74, 6) is -51.9. The van der Waals surface area contributed by atoms with Crippen molar-refractivity contribution < 1.29 is 88.2 Å². The predicted octanol–water partition coefficient (Wildman–Crippen LogP) is 5.33. The number of rotatable bonds is 11. The minimum atomic E-state index is -8.89. The Bertz CT molecular complexity index is 867. The maximum atomic E-state index is 13.9. The molecule has 0 aromatic rings. The molecule has 0 aromatic heterocycles. The summed E-state index contributed by atoms with van der Waals surface area (Å²) in [7, 11) is -7.69. The average Bonchev–Trinajstić information content (AvgIpc) is 2.65. The Labute approximate surface area is 183 Å². The molecule has 0 amide bonds. The van der Waals surface area contributed by atoms with Crippen LogP contribution in [0.4, 0.5) is 74.6 Å². The molecule has 0 radical (unpaired) electrons. The lowest BCUT2D eigenvalue weighted by molar-refractivity contribution is -0.458. The van der Waals surface area contributed by atoms with Crippen molar-refractivity contribution in [2.75, 3.05) is 7.05 Å². The van der Waals surface area contributed by atoms with Gasteiger partial charge in [0.1, 0.15) is 6.23 Å². The van der Waals surface area contributed by atoms with Crippen molar-refractivity contribution in [3.63, 3.8) is 0 Å². The minimum absolute atomic E-state index is 0.220. The van der Waals surface area contributed by atoms with Gasteiger partial charge in [0.15, 0.2) is 0 Å². The molecule has 0 rings (SSSR count). The van der Waals surface area contributed by atoms with E-state index in [2.05, 4.69) is 0 Å². The monoisotopic (exact) mass is 585 g/mol. The van der Waals surface area contributed by atoms with E-state index in [1.807, 2.05) is 0 Å². The lowest BCUT2D eigenvalue weighted by Crippen LogP contribution is -2.75. The molecule has 0 spiro atoms. The molecule has 0 fully saturated rings. The normalized spacial score (nSPS) is 17.2. The van der Waals surface area contributed by atoms with E-state index in [9.17, 15) is 88.2 Å². The van der Waals surface area contributed by atoms with Gasteiger partial charge in [-0.05, 0) is 6.42 Å². The topological polar surface area (TPSA) is 57.6 Å². The maximum Gasteiger partial charge on any atom is 0.460 e. The number of alkyl halides is 17. The van der Waals surface area contributed by atoms with Crippen LogP contribution in [0.5, 0.6) is 0 Å². The molecule has 35 heavy (non-hydrogen) atoms. The molecule has 0 saturated carbocycles. The number of aliphatic hydroxyl groups is 1. The molecular weight excluding hydrogens is 573 g/mol. The molecule has 0 bridgehead atoms. The lowest BCUT2D eigenvalue weighted by atomic mass is 9.91. The second-order valence-electron chi connectivity index (χ2n) is 6.75. The Kier molecular flexibility index (Phi) is 8.57. The van der Waals surface area contributed by atoms with Crippen molar-refractivity contribution in [3.05, 3.63) is 0 Å². The third-order valence-electron chi connectivity index (χ3n) is 4.36. The number of halogens is 17. The number of sulfonamides is 1. The fourth-order valence-corrected chi connectivity index (χ4v) is 3.33. The van der Waals surface area contributed by atoms with E-state index in [1.54, 1.807) is 0 Å². The fourth-order valence-electron chi connectivity index (χ4n) is 2.09. The van der Waals surface area contributed by atoms with Crippen LogP contribution in [0, 0.1) is 0 Å². The Hall–Kier alpha value is -1.32. The second kappa shape index (κ2) is 8.91. The SMILES string of the molecule is CCCC(O)N(C)S(=O)(=O)C(F)(F)C(F)(F)C(F)(F)C(F)(F)C(F)(F)C(F)(F)C(F)(F)C(F)(F)F. The van der Waals surface area contributed by atoms with Gasteiger partial charge in [-0.2, -0.15) is 78.9 Å². The fraction of sp³-hybridized carbons (Fsp3) is 1.00. The first kappa shape index (κ1) is 33.7. The van der Waals surface area contributed by atoms with E-state index in [0.717, 1.165) is 6.92 Å². The highest BCUT2D eigenvalue weighted by atomic mass is 32.2. The Morgan fingerprint density at radius 1 is 0.629 bits per heavy atom. The minimum Gasteiger partial charge on any atom is -0.377 e. The Morgan fingerprint density at radius 2 is 0.914 bits per heavy atom. The van der Waals surface area contributed by atoms with E-state index >= 15 is 0 Å². The summed E-state index contributed by atoms with van der Waals surface area (Å²) >= 11 is 0. The molecule has 22 heteroatoms. The van der Waals surface area contributed by atoms with E-state index in [4.69, 9.17) is 0 Å².